The molecule has 142 valence electrons. The van der Waals surface area contributed by atoms with E-state index in [1.54, 1.807) is 0 Å². The molecule has 0 radical (unpaired) electrons. The molecule has 0 fully saturated rings. The quantitative estimate of drug-likeness (QED) is 0.356. The van der Waals surface area contributed by atoms with Crippen molar-refractivity contribution in [2.24, 2.45) is 0 Å². The van der Waals surface area contributed by atoms with Crippen molar-refractivity contribution in [1.29, 1.82) is 5.41 Å². The first-order valence-electron chi connectivity index (χ1n) is 9.20. The molecule has 0 saturated carbocycles. The zero-order chi connectivity index (χ0) is 19.2. The molecule has 0 aromatic heterocycles. The molecular weight excluding hydrogens is 338 g/mol. The number of allylic oxidation sites excluding steroid dienone is 2. The maximum atomic E-state index is 8.37. The highest BCUT2D eigenvalue weighted by atomic mass is 16.7. The van der Waals surface area contributed by atoms with Crippen LogP contribution in [0.15, 0.2) is 59.8 Å². The Hall–Kier alpha value is -2.79. The average molecular weight is 365 g/mol. The summed E-state index contributed by atoms with van der Waals surface area (Å²) in [4.78, 5) is 7.34. The van der Waals surface area contributed by atoms with E-state index in [9.17, 15) is 0 Å². The molecule has 0 atom stereocenters. The van der Waals surface area contributed by atoms with E-state index in [4.69, 9.17) is 15.0 Å². The molecule has 1 aliphatic rings. The monoisotopic (exact) mass is 365 g/mol. The summed E-state index contributed by atoms with van der Waals surface area (Å²) in [6, 6.07) is 16.9. The first-order chi connectivity index (χ1) is 13.1. The van der Waals surface area contributed by atoms with Crippen LogP contribution in [-0.2, 0) is 22.7 Å². The summed E-state index contributed by atoms with van der Waals surface area (Å²) in [5, 5.41) is 8.37. The van der Waals surface area contributed by atoms with Crippen molar-refractivity contribution in [3.63, 3.8) is 0 Å². The van der Waals surface area contributed by atoms with E-state index in [2.05, 4.69) is 41.9 Å². The Balaban J connectivity index is 1.63. The van der Waals surface area contributed by atoms with Crippen LogP contribution in [0.3, 0.4) is 0 Å². The standard InChI is InChI=1S/C22H27N3O2/c1-16(2)17(3)24-27-13-12-26-22(23)25-14-18-8-4-6-10-20(18)21-11-7-5-9-19(21)15-25/h4-11,23-24H,12-15H2,1-3H3. The van der Waals surface area contributed by atoms with E-state index in [-0.39, 0.29) is 6.02 Å². The van der Waals surface area contributed by atoms with Crippen molar-refractivity contribution in [1.82, 2.24) is 10.4 Å². The van der Waals surface area contributed by atoms with Gasteiger partial charge in [0.1, 0.15) is 13.2 Å². The van der Waals surface area contributed by atoms with E-state index in [1.165, 1.54) is 27.8 Å². The molecule has 0 bridgehead atoms. The lowest BCUT2D eigenvalue weighted by atomic mass is 9.97. The van der Waals surface area contributed by atoms with Crippen molar-refractivity contribution in [3.05, 3.63) is 70.9 Å². The number of hydrogen-bond donors (Lipinski definition) is 2. The SMILES string of the molecule is CC(C)=C(C)NOCCOC(=N)N1Cc2ccccc2-c2ccccc2C1. The van der Waals surface area contributed by atoms with Gasteiger partial charge >= 0.3 is 0 Å². The number of hydroxylamine groups is 1. The van der Waals surface area contributed by atoms with Crippen LogP contribution in [-0.4, -0.2) is 24.1 Å². The summed E-state index contributed by atoms with van der Waals surface area (Å²) in [6.45, 7) is 8.00. The van der Waals surface area contributed by atoms with Crippen LogP contribution in [0.4, 0.5) is 0 Å². The number of fused-ring (bicyclic) bond motifs is 3. The van der Waals surface area contributed by atoms with Crippen molar-refractivity contribution < 1.29 is 9.57 Å². The minimum atomic E-state index is 0.170. The van der Waals surface area contributed by atoms with Crippen LogP contribution in [0.5, 0.6) is 0 Å². The van der Waals surface area contributed by atoms with Gasteiger partial charge in [0.05, 0.1) is 0 Å². The Morgan fingerprint density at radius 2 is 1.48 bits per heavy atom. The highest BCUT2D eigenvalue weighted by Gasteiger charge is 2.21. The molecule has 27 heavy (non-hydrogen) atoms. The molecular formula is C22H27N3O2. The average Bonchev–Trinajstić information content (AvgIpc) is 2.84. The lowest BCUT2D eigenvalue weighted by Gasteiger charge is -2.23. The molecule has 2 aromatic rings. The van der Waals surface area contributed by atoms with Gasteiger partial charge in [-0.15, -0.1) is 0 Å². The van der Waals surface area contributed by atoms with Gasteiger partial charge in [-0.25, -0.2) is 0 Å². The zero-order valence-electron chi connectivity index (χ0n) is 16.2. The number of benzene rings is 2. The van der Waals surface area contributed by atoms with E-state index in [0.29, 0.717) is 26.3 Å². The molecule has 5 nitrogen and oxygen atoms in total. The molecule has 0 spiro atoms. The molecule has 0 aliphatic carbocycles. The van der Waals surface area contributed by atoms with Crippen molar-refractivity contribution in [2.75, 3.05) is 13.2 Å². The number of rotatable bonds is 5. The van der Waals surface area contributed by atoms with E-state index >= 15 is 0 Å². The number of amidine groups is 1. The first-order valence-corrected chi connectivity index (χ1v) is 9.20. The largest absolute Gasteiger partial charge is 0.463 e. The van der Waals surface area contributed by atoms with Gasteiger partial charge in [0.2, 0.25) is 0 Å². The third-order valence-corrected chi connectivity index (χ3v) is 4.73. The minimum absolute atomic E-state index is 0.170. The second-order valence-corrected chi connectivity index (χ2v) is 6.90. The van der Waals surface area contributed by atoms with E-state index in [1.807, 2.05) is 37.8 Å². The maximum Gasteiger partial charge on any atom is 0.285 e. The molecule has 1 heterocycles. The van der Waals surface area contributed by atoms with E-state index < -0.39 is 0 Å². The van der Waals surface area contributed by atoms with Crippen LogP contribution in [0.1, 0.15) is 31.9 Å². The number of nitrogens with one attached hydrogen (secondary N) is 2. The molecule has 5 heteroatoms. The molecule has 2 aromatic carbocycles. The second-order valence-electron chi connectivity index (χ2n) is 6.90. The van der Waals surface area contributed by atoms with Gasteiger partial charge in [0.25, 0.3) is 6.02 Å². The first kappa shape index (κ1) is 19.0. The normalized spacial score (nSPS) is 12.5. The molecule has 0 amide bonds. The third-order valence-electron chi connectivity index (χ3n) is 4.73. The molecule has 3 rings (SSSR count). The van der Waals surface area contributed by atoms with Gasteiger partial charge in [-0.2, -0.15) is 0 Å². The van der Waals surface area contributed by atoms with Crippen molar-refractivity contribution >= 4 is 6.02 Å². The lowest BCUT2D eigenvalue weighted by molar-refractivity contribution is 0.0328. The zero-order valence-corrected chi connectivity index (χ0v) is 16.2. The Morgan fingerprint density at radius 3 is 2.04 bits per heavy atom. The van der Waals surface area contributed by atoms with Crippen LogP contribution >= 0.6 is 0 Å². The predicted octanol–water partition coefficient (Wildman–Crippen LogP) is 4.46. The van der Waals surface area contributed by atoms with Crippen LogP contribution in [0.25, 0.3) is 11.1 Å². The molecule has 2 N–H and O–H groups in total. The Kier molecular flexibility index (Phi) is 6.14. The van der Waals surface area contributed by atoms with Gasteiger partial charge in [-0.1, -0.05) is 54.1 Å². The minimum Gasteiger partial charge on any atom is -0.463 e. The summed E-state index contributed by atoms with van der Waals surface area (Å²) < 4.78 is 5.64. The molecule has 1 aliphatic heterocycles. The van der Waals surface area contributed by atoms with Gasteiger partial charge < -0.3 is 9.64 Å². The Morgan fingerprint density at radius 1 is 0.926 bits per heavy atom. The smallest absolute Gasteiger partial charge is 0.285 e. The van der Waals surface area contributed by atoms with Gasteiger partial charge in [0.15, 0.2) is 0 Å². The predicted molar refractivity (Wildman–Crippen MR) is 108 cm³/mol. The van der Waals surface area contributed by atoms with Crippen molar-refractivity contribution in [3.8, 4) is 11.1 Å². The van der Waals surface area contributed by atoms with Crippen molar-refractivity contribution in [2.45, 2.75) is 33.9 Å². The van der Waals surface area contributed by atoms with E-state index in [0.717, 1.165) is 5.70 Å². The van der Waals surface area contributed by atoms with Crippen LogP contribution in [0, 0.1) is 5.41 Å². The third kappa shape index (κ3) is 4.68. The summed E-state index contributed by atoms with van der Waals surface area (Å²) in [6.07, 6.45) is 0. The summed E-state index contributed by atoms with van der Waals surface area (Å²) in [5.74, 6) is 0. The summed E-state index contributed by atoms with van der Waals surface area (Å²) in [7, 11) is 0. The number of ether oxygens (including phenoxy) is 1. The summed E-state index contributed by atoms with van der Waals surface area (Å²) >= 11 is 0. The Bertz CT molecular complexity index is 793. The Labute approximate surface area is 161 Å². The van der Waals surface area contributed by atoms with Crippen LogP contribution in [0.2, 0.25) is 0 Å². The fourth-order valence-corrected chi connectivity index (χ4v) is 2.99. The highest BCUT2D eigenvalue weighted by Crippen LogP contribution is 2.32. The number of nitrogens with zero attached hydrogens (tertiary/aromatic N) is 1. The van der Waals surface area contributed by atoms with Gasteiger partial charge in [0, 0.05) is 18.8 Å². The topological polar surface area (TPSA) is 57.6 Å². The second kappa shape index (κ2) is 8.73. The van der Waals surface area contributed by atoms with Gasteiger partial charge in [-0.05, 0) is 43.0 Å². The fraction of sp³-hybridized carbons (Fsp3) is 0.318. The molecule has 0 unspecified atom stereocenters. The number of hydrogen-bond acceptors (Lipinski definition) is 4. The highest BCUT2D eigenvalue weighted by molar-refractivity contribution is 5.76. The van der Waals surface area contributed by atoms with Gasteiger partial charge in [-0.3, -0.25) is 15.7 Å². The lowest BCUT2D eigenvalue weighted by Crippen LogP contribution is -2.32. The fourth-order valence-electron chi connectivity index (χ4n) is 2.99. The summed E-state index contributed by atoms with van der Waals surface area (Å²) in [5.41, 5.74) is 9.91. The molecule has 0 saturated heterocycles. The van der Waals surface area contributed by atoms with Crippen LogP contribution < -0.4 is 5.48 Å². The maximum absolute atomic E-state index is 8.37.